The van der Waals surface area contributed by atoms with Gasteiger partial charge < -0.3 is 15.2 Å². The molecule has 0 bridgehead atoms. The summed E-state index contributed by atoms with van der Waals surface area (Å²) in [6.07, 6.45) is 2.04. The molecule has 0 saturated heterocycles. The average molecular weight is 277 g/mol. The van der Waals surface area contributed by atoms with E-state index < -0.39 is 6.10 Å². The number of rotatable bonds is 7. The van der Waals surface area contributed by atoms with Gasteiger partial charge >= 0.3 is 0 Å². The predicted molar refractivity (Wildman–Crippen MR) is 81.6 cm³/mol. The molecule has 1 fully saturated rings. The monoisotopic (exact) mass is 277 g/mol. The molecule has 4 unspecified atom stereocenters. The van der Waals surface area contributed by atoms with Crippen LogP contribution in [0, 0.1) is 5.41 Å². The molecule has 3 heteroatoms. The van der Waals surface area contributed by atoms with E-state index in [0.717, 1.165) is 25.0 Å². The highest BCUT2D eigenvalue weighted by Gasteiger charge is 2.50. The van der Waals surface area contributed by atoms with Gasteiger partial charge in [-0.25, -0.2) is 0 Å². The highest BCUT2D eigenvalue weighted by atomic mass is 16.5. The molecule has 112 valence electrons. The van der Waals surface area contributed by atoms with Crippen molar-refractivity contribution in [2.24, 2.45) is 5.41 Å². The largest absolute Gasteiger partial charge is 0.387 e. The van der Waals surface area contributed by atoms with Gasteiger partial charge in [-0.1, -0.05) is 44.2 Å². The lowest BCUT2D eigenvalue weighted by atomic mass is 9.61. The van der Waals surface area contributed by atoms with Crippen LogP contribution in [-0.4, -0.2) is 30.4 Å². The SMILES string of the molecule is CCOC1CC(NCC(O)c2ccccc2)C1(C)CC. The third kappa shape index (κ3) is 3.05. The van der Waals surface area contributed by atoms with Crippen LogP contribution >= 0.6 is 0 Å². The van der Waals surface area contributed by atoms with Gasteiger partial charge in [0.15, 0.2) is 0 Å². The van der Waals surface area contributed by atoms with Crippen LogP contribution in [0.4, 0.5) is 0 Å². The topological polar surface area (TPSA) is 41.5 Å². The summed E-state index contributed by atoms with van der Waals surface area (Å²) in [4.78, 5) is 0. The Kier molecular flexibility index (Phi) is 5.19. The second-order valence-corrected chi connectivity index (χ2v) is 5.93. The zero-order valence-electron chi connectivity index (χ0n) is 12.8. The molecule has 0 amide bonds. The van der Waals surface area contributed by atoms with Crippen LogP contribution in [-0.2, 0) is 4.74 Å². The molecule has 2 rings (SSSR count). The van der Waals surface area contributed by atoms with Crippen molar-refractivity contribution in [3.63, 3.8) is 0 Å². The first kappa shape index (κ1) is 15.5. The zero-order chi connectivity index (χ0) is 14.6. The van der Waals surface area contributed by atoms with Gasteiger partial charge in [-0.15, -0.1) is 0 Å². The molecule has 1 aromatic carbocycles. The number of aliphatic hydroxyl groups is 1. The van der Waals surface area contributed by atoms with Crippen LogP contribution in [0.2, 0.25) is 0 Å². The Hall–Kier alpha value is -0.900. The summed E-state index contributed by atoms with van der Waals surface area (Å²) >= 11 is 0. The van der Waals surface area contributed by atoms with E-state index in [-0.39, 0.29) is 5.41 Å². The summed E-state index contributed by atoms with van der Waals surface area (Å²) < 4.78 is 5.80. The molecule has 0 aliphatic heterocycles. The maximum Gasteiger partial charge on any atom is 0.0914 e. The van der Waals surface area contributed by atoms with Gasteiger partial charge in [-0.05, 0) is 25.3 Å². The number of hydrogen-bond acceptors (Lipinski definition) is 3. The molecule has 1 aliphatic rings. The minimum Gasteiger partial charge on any atom is -0.387 e. The molecule has 2 N–H and O–H groups in total. The lowest BCUT2D eigenvalue weighted by Crippen LogP contribution is -2.62. The van der Waals surface area contributed by atoms with Crippen LogP contribution in [0.25, 0.3) is 0 Å². The maximum atomic E-state index is 10.2. The van der Waals surface area contributed by atoms with Crippen molar-refractivity contribution in [1.29, 1.82) is 0 Å². The Morgan fingerprint density at radius 2 is 2.05 bits per heavy atom. The molecule has 1 aromatic rings. The molecule has 0 heterocycles. The number of ether oxygens (including phenoxy) is 1. The van der Waals surface area contributed by atoms with E-state index in [0.29, 0.717) is 18.7 Å². The van der Waals surface area contributed by atoms with Gasteiger partial charge in [0, 0.05) is 24.6 Å². The average Bonchev–Trinajstić information content (AvgIpc) is 2.49. The summed E-state index contributed by atoms with van der Waals surface area (Å²) in [6.45, 7) is 7.93. The third-order valence-electron chi connectivity index (χ3n) is 4.85. The van der Waals surface area contributed by atoms with Crippen LogP contribution in [0.3, 0.4) is 0 Å². The molecule has 3 nitrogen and oxygen atoms in total. The second kappa shape index (κ2) is 6.70. The Balaban J connectivity index is 1.86. The molecule has 20 heavy (non-hydrogen) atoms. The van der Waals surface area contributed by atoms with Gasteiger partial charge in [0.25, 0.3) is 0 Å². The van der Waals surface area contributed by atoms with Gasteiger partial charge in [-0.3, -0.25) is 0 Å². The van der Waals surface area contributed by atoms with Crippen LogP contribution in [0.1, 0.15) is 45.3 Å². The first-order valence-corrected chi connectivity index (χ1v) is 7.69. The molecule has 0 radical (unpaired) electrons. The minimum absolute atomic E-state index is 0.187. The summed E-state index contributed by atoms with van der Waals surface area (Å²) in [7, 11) is 0. The van der Waals surface area contributed by atoms with Crippen molar-refractivity contribution < 1.29 is 9.84 Å². The van der Waals surface area contributed by atoms with Gasteiger partial charge in [0.1, 0.15) is 0 Å². The molecule has 1 saturated carbocycles. The van der Waals surface area contributed by atoms with Crippen molar-refractivity contribution in [2.75, 3.05) is 13.2 Å². The fourth-order valence-corrected chi connectivity index (χ4v) is 3.11. The number of aliphatic hydroxyl groups excluding tert-OH is 1. The molecule has 1 aliphatic carbocycles. The van der Waals surface area contributed by atoms with E-state index in [1.54, 1.807) is 0 Å². The quantitative estimate of drug-likeness (QED) is 0.805. The summed E-state index contributed by atoms with van der Waals surface area (Å²) in [5.74, 6) is 0. The molecule has 4 atom stereocenters. The first-order valence-electron chi connectivity index (χ1n) is 7.69. The Bertz CT molecular complexity index is 409. The van der Waals surface area contributed by atoms with E-state index >= 15 is 0 Å². The standard InChI is InChI=1S/C17H27NO2/c1-4-17(3)15(11-16(17)20-5-2)18-12-14(19)13-9-7-6-8-10-13/h6-10,14-16,18-19H,4-5,11-12H2,1-3H3. The fourth-order valence-electron chi connectivity index (χ4n) is 3.11. The van der Waals surface area contributed by atoms with E-state index in [9.17, 15) is 5.11 Å². The normalized spacial score (nSPS) is 30.8. The van der Waals surface area contributed by atoms with Crippen molar-refractivity contribution in [1.82, 2.24) is 5.32 Å². The molecular weight excluding hydrogens is 250 g/mol. The highest BCUT2D eigenvalue weighted by Crippen LogP contribution is 2.45. The number of benzene rings is 1. The van der Waals surface area contributed by atoms with Gasteiger partial charge in [-0.2, -0.15) is 0 Å². The van der Waals surface area contributed by atoms with E-state index in [1.807, 2.05) is 30.3 Å². The Labute approximate surface area is 122 Å². The highest BCUT2D eigenvalue weighted by molar-refractivity contribution is 5.17. The van der Waals surface area contributed by atoms with Gasteiger partial charge in [0.2, 0.25) is 0 Å². The smallest absolute Gasteiger partial charge is 0.0914 e. The van der Waals surface area contributed by atoms with Crippen molar-refractivity contribution in [2.45, 2.75) is 51.9 Å². The molecule has 0 aromatic heterocycles. The Morgan fingerprint density at radius 1 is 1.35 bits per heavy atom. The summed E-state index contributed by atoms with van der Waals surface area (Å²) in [5, 5.41) is 13.7. The lowest BCUT2D eigenvalue weighted by Gasteiger charge is -2.54. The number of hydrogen-bond donors (Lipinski definition) is 2. The summed E-state index contributed by atoms with van der Waals surface area (Å²) in [6, 6.07) is 10.3. The van der Waals surface area contributed by atoms with Crippen molar-refractivity contribution >= 4 is 0 Å². The Morgan fingerprint density at radius 3 is 2.65 bits per heavy atom. The third-order valence-corrected chi connectivity index (χ3v) is 4.85. The zero-order valence-corrected chi connectivity index (χ0v) is 12.8. The van der Waals surface area contributed by atoms with Crippen LogP contribution in [0.5, 0.6) is 0 Å². The number of nitrogens with one attached hydrogen (secondary N) is 1. The fraction of sp³-hybridized carbons (Fsp3) is 0.647. The minimum atomic E-state index is -0.441. The molecule has 0 spiro atoms. The van der Waals surface area contributed by atoms with Crippen LogP contribution in [0.15, 0.2) is 30.3 Å². The predicted octanol–water partition coefficient (Wildman–Crippen LogP) is 2.90. The van der Waals surface area contributed by atoms with E-state index in [1.165, 1.54) is 0 Å². The lowest BCUT2D eigenvalue weighted by molar-refractivity contribution is -0.127. The summed E-state index contributed by atoms with van der Waals surface area (Å²) in [5.41, 5.74) is 1.16. The van der Waals surface area contributed by atoms with Crippen LogP contribution < -0.4 is 5.32 Å². The maximum absolute atomic E-state index is 10.2. The van der Waals surface area contributed by atoms with Crippen molar-refractivity contribution in [3.8, 4) is 0 Å². The van der Waals surface area contributed by atoms with E-state index in [2.05, 4.69) is 26.1 Å². The second-order valence-electron chi connectivity index (χ2n) is 5.93. The van der Waals surface area contributed by atoms with E-state index in [4.69, 9.17) is 4.74 Å². The molecular formula is C17H27NO2. The first-order chi connectivity index (χ1) is 9.61. The van der Waals surface area contributed by atoms with Gasteiger partial charge in [0.05, 0.1) is 12.2 Å². The van der Waals surface area contributed by atoms with Crippen molar-refractivity contribution in [3.05, 3.63) is 35.9 Å².